The van der Waals surface area contributed by atoms with Crippen LogP contribution in [0, 0.1) is 19.7 Å². The second kappa shape index (κ2) is 8.26. The Labute approximate surface area is 149 Å². The molecule has 0 saturated heterocycles. The van der Waals surface area contributed by atoms with E-state index >= 15 is 0 Å². The lowest BCUT2D eigenvalue weighted by Gasteiger charge is -2.18. The maximum atomic E-state index is 14.6. The Balaban J connectivity index is 2.50. The van der Waals surface area contributed by atoms with Gasteiger partial charge in [-0.15, -0.1) is 0 Å². The SMILES string of the molecule is CCOC(=O)C[C@H](N)c1cc(-c2c(C)cccc2CC)cc(C)c1F. The highest BCUT2D eigenvalue weighted by molar-refractivity contribution is 5.73. The van der Waals surface area contributed by atoms with Gasteiger partial charge in [0.2, 0.25) is 0 Å². The van der Waals surface area contributed by atoms with E-state index in [0.29, 0.717) is 11.1 Å². The third-order valence-corrected chi connectivity index (χ3v) is 4.40. The van der Waals surface area contributed by atoms with Crippen LogP contribution in [-0.4, -0.2) is 12.6 Å². The minimum absolute atomic E-state index is 0.0396. The molecule has 25 heavy (non-hydrogen) atoms. The number of benzene rings is 2. The maximum Gasteiger partial charge on any atom is 0.307 e. The average molecular weight is 343 g/mol. The van der Waals surface area contributed by atoms with Crippen LogP contribution in [-0.2, 0) is 16.0 Å². The van der Waals surface area contributed by atoms with Crippen LogP contribution in [0.15, 0.2) is 30.3 Å². The van der Waals surface area contributed by atoms with Gasteiger partial charge in [0, 0.05) is 11.6 Å². The van der Waals surface area contributed by atoms with Gasteiger partial charge in [-0.3, -0.25) is 4.79 Å². The third-order valence-electron chi connectivity index (χ3n) is 4.40. The van der Waals surface area contributed by atoms with E-state index in [-0.39, 0.29) is 18.8 Å². The van der Waals surface area contributed by atoms with Crippen molar-refractivity contribution in [3.05, 3.63) is 58.4 Å². The molecule has 0 radical (unpaired) electrons. The van der Waals surface area contributed by atoms with Crippen molar-refractivity contribution in [2.75, 3.05) is 6.61 Å². The highest BCUT2D eigenvalue weighted by atomic mass is 19.1. The summed E-state index contributed by atoms with van der Waals surface area (Å²) in [5, 5.41) is 0. The Morgan fingerprint density at radius 1 is 1.20 bits per heavy atom. The van der Waals surface area contributed by atoms with Crippen LogP contribution in [0.25, 0.3) is 11.1 Å². The number of esters is 1. The minimum atomic E-state index is -0.730. The summed E-state index contributed by atoms with van der Waals surface area (Å²) in [5.74, 6) is -0.769. The van der Waals surface area contributed by atoms with E-state index in [9.17, 15) is 9.18 Å². The van der Waals surface area contributed by atoms with Crippen molar-refractivity contribution < 1.29 is 13.9 Å². The highest BCUT2D eigenvalue weighted by Gasteiger charge is 2.20. The Kier molecular flexibility index (Phi) is 6.32. The highest BCUT2D eigenvalue weighted by Crippen LogP contribution is 2.33. The molecule has 0 aliphatic heterocycles. The first-order valence-corrected chi connectivity index (χ1v) is 8.69. The van der Waals surface area contributed by atoms with Gasteiger partial charge in [-0.25, -0.2) is 4.39 Å². The molecule has 0 fully saturated rings. The van der Waals surface area contributed by atoms with Gasteiger partial charge in [-0.2, -0.15) is 0 Å². The molecule has 0 heterocycles. The van der Waals surface area contributed by atoms with Gasteiger partial charge in [-0.1, -0.05) is 25.1 Å². The van der Waals surface area contributed by atoms with E-state index in [1.807, 2.05) is 25.1 Å². The number of hydrogen-bond acceptors (Lipinski definition) is 3. The lowest BCUT2D eigenvalue weighted by Crippen LogP contribution is -2.19. The zero-order valence-electron chi connectivity index (χ0n) is 15.4. The van der Waals surface area contributed by atoms with Crippen molar-refractivity contribution >= 4 is 5.97 Å². The first-order valence-electron chi connectivity index (χ1n) is 8.69. The van der Waals surface area contributed by atoms with Crippen LogP contribution in [0.5, 0.6) is 0 Å². The van der Waals surface area contributed by atoms with Crippen molar-refractivity contribution in [2.45, 2.75) is 46.6 Å². The zero-order valence-corrected chi connectivity index (χ0v) is 15.4. The summed E-state index contributed by atoms with van der Waals surface area (Å²) in [6.07, 6.45) is 0.847. The molecule has 0 bridgehead atoms. The van der Waals surface area contributed by atoms with Crippen molar-refractivity contribution in [3.8, 4) is 11.1 Å². The van der Waals surface area contributed by atoms with Crippen molar-refractivity contribution in [3.63, 3.8) is 0 Å². The molecule has 2 N–H and O–H groups in total. The Morgan fingerprint density at radius 2 is 1.92 bits per heavy atom. The van der Waals surface area contributed by atoms with Crippen LogP contribution in [0.1, 0.15) is 48.6 Å². The van der Waals surface area contributed by atoms with Gasteiger partial charge in [0.25, 0.3) is 0 Å². The fraction of sp³-hybridized carbons (Fsp3) is 0.381. The molecule has 0 aliphatic rings. The Morgan fingerprint density at radius 3 is 2.56 bits per heavy atom. The lowest BCUT2D eigenvalue weighted by molar-refractivity contribution is -0.143. The number of ether oxygens (including phenoxy) is 1. The summed E-state index contributed by atoms with van der Waals surface area (Å²) in [6, 6.07) is 9.05. The standard InChI is InChI=1S/C21H26FNO2/c1-5-15-9-7-8-13(3)20(15)16-10-14(4)21(22)17(11-16)18(23)12-19(24)25-6-2/h7-11,18H,5-6,12,23H2,1-4H3/t18-/m0/s1. The fourth-order valence-electron chi connectivity index (χ4n) is 3.16. The van der Waals surface area contributed by atoms with E-state index in [4.69, 9.17) is 10.5 Å². The van der Waals surface area contributed by atoms with Gasteiger partial charge < -0.3 is 10.5 Å². The molecular formula is C21H26FNO2. The monoisotopic (exact) mass is 343 g/mol. The molecule has 0 unspecified atom stereocenters. The number of carbonyl (C=O) groups excluding carboxylic acids is 1. The van der Waals surface area contributed by atoms with Gasteiger partial charge in [0.15, 0.2) is 0 Å². The van der Waals surface area contributed by atoms with E-state index in [0.717, 1.165) is 23.1 Å². The average Bonchev–Trinajstić information content (AvgIpc) is 2.57. The normalized spacial score (nSPS) is 12.1. The van der Waals surface area contributed by atoms with E-state index in [2.05, 4.69) is 13.0 Å². The van der Waals surface area contributed by atoms with Gasteiger partial charge in [-0.05, 0) is 67.1 Å². The summed E-state index contributed by atoms with van der Waals surface area (Å²) >= 11 is 0. The summed E-state index contributed by atoms with van der Waals surface area (Å²) in [6.45, 7) is 7.90. The largest absolute Gasteiger partial charge is 0.466 e. The van der Waals surface area contributed by atoms with E-state index < -0.39 is 12.0 Å². The number of aryl methyl sites for hydroxylation is 3. The predicted molar refractivity (Wildman–Crippen MR) is 98.9 cm³/mol. The second-order valence-electron chi connectivity index (χ2n) is 6.27. The molecule has 2 aromatic rings. The summed E-state index contributed by atoms with van der Waals surface area (Å²) in [4.78, 5) is 11.7. The molecule has 3 nitrogen and oxygen atoms in total. The van der Waals surface area contributed by atoms with Crippen molar-refractivity contribution in [1.29, 1.82) is 0 Å². The van der Waals surface area contributed by atoms with Gasteiger partial charge in [0.1, 0.15) is 5.82 Å². The molecule has 0 spiro atoms. The molecule has 1 atom stereocenters. The van der Waals surface area contributed by atoms with Crippen molar-refractivity contribution in [1.82, 2.24) is 0 Å². The van der Waals surface area contributed by atoms with Crippen LogP contribution >= 0.6 is 0 Å². The number of halogens is 1. The summed E-state index contributed by atoms with van der Waals surface area (Å²) in [7, 11) is 0. The van der Waals surface area contributed by atoms with E-state index in [1.165, 1.54) is 5.56 Å². The van der Waals surface area contributed by atoms with Crippen LogP contribution in [0.2, 0.25) is 0 Å². The molecular weight excluding hydrogens is 317 g/mol. The molecule has 2 rings (SSSR count). The Bertz CT molecular complexity index is 771. The molecule has 134 valence electrons. The molecule has 2 aromatic carbocycles. The lowest BCUT2D eigenvalue weighted by atomic mass is 9.89. The summed E-state index contributed by atoms with van der Waals surface area (Å²) in [5.41, 5.74) is 11.4. The zero-order chi connectivity index (χ0) is 18.6. The molecule has 0 aromatic heterocycles. The maximum absolute atomic E-state index is 14.6. The number of hydrogen-bond donors (Lipinski definition) is 1. The van der Waals surface area contributed by atoms with Gasteiger partial charge >= 0.3 is 5.97 Å². The topological polar surface area (TPSA) is 52.3 Å². The molecule has 0 saturated carbocycles. The van der Waals surface area contributed by atoms with Gasteiger partial charge in [0.05, 0.1) is 13.0 Å². The number of rotatable bonds is 6. The van der Waals surface area contributed by atoms with Crippen molar-refractivity contribution in [2.24, 2.45) is 5.73 Å². The molecule has 0 aliphatic carbocycles. The van der Waals surface area contributed by atoms with Crippen LogP contribution in [0.3, 0.4) is 0 Å². The number of carbonyl (C=O) groups is 1. The fourth-order valence-corrected chi connectivity index (χ4v) is 3.16. The van der Waals surface area contributed by atoms with Crippen LogP contribution in [0.4, 0.5) is 4.39 Å². The summed E-state index contributed by atoms with van der Waals surface area (Å²) < 4.78 is 19.6. The molecule has 4 heteroatoms. The molecule has 0 amide bonds. The first-order chi connectivity index (χ1) is 11.9. The minimum Gasteiger partial charge on any atom is -0.466 e. The quantitative estimate of drug-likeness (QED) is 0.778. The predicted octanol–water partition coefficient (Wildman–Crippen LogP) is 4.62. The second-order valence-corrected chi connectivity index (χ2v) is 6.27. The third kappa shape index (κ3) is 4.26. The smallest absolute Gasteiger partial charge is 0.307 e. The van der Waals surface area contributed by atoms with Crippen LogP contribution < -0.4 is 5.73 Å². The first kappa shape index (κ1) is 19.1. The number of nitrogens with two attached hydrogens (primary N) is 1. The van der Waals surface area contributed by atoms with E-state index in [1.54, 1.807) is 19.9 Å². The Hall–Kier alpha value is -2.20.